The van der Waals surface area contributed by atoms with Crippen molar-refractivity contribution >= 4 is 11.6 Å². The number of nitrogens with zero attached hydrogens (tertiary/aromatic N) is 3. The Bertz CT molecular complexity index is 985. The number of anilines is 1. The summed E-state index contributed by atoms with van der Waals surface area (Å²) in [5.74, 6) is 1.41. The molecule has 0 fully saturated rings. The first-order valence-electron chi connectivity index (χ1n) is 7.76. The Morgan fingerprint density at radius 1 is 1.12 bits per heavy atom. The zero-order valence-electron chi connectivity index (χ0n) is 13.1. The number of carbonyl (C=O) groups is 1. The van der Waals surface area contributed by atoms with Crippen molar-refractivity contribution in [1.82, 2.24) is 15.4 Å². The first kappa shape index (κ1) is 14.9. The summed E-state index contributed by atoms with van der Waals surface area (Å²) in [6, 6.07) is 14.9. The quantitative estimate of drug-likeness (QED) is 0.768. The van der Waals surface area contributed by atoms with Crippen molar-refractivity contribution in [3.05, 3.63) is 53.7 Å². The Morgan fingerprint density at radius 2 is 1.96 bits per heavy atom. The Hall–Kier alpha value is -3.66. The van der Waals surface area contributed by atoms with E-state index in [9.17, 15) is 4.79 Å². The van der Waals surface area contributed by atoms with Gasteiger partial charge in [-0.3, -0.25) is 4.79 Å². The molecule has 3 aromatic rings. The average Bonchev–Trinajstić information content (AvgIpc) is 3.11. The molecule has 7 nitrogen and oxygen atoms in total. The highest BCUT2D eigenvalue weighted by Crippen LogP contribution is 2.34. The molecule has 0 bridgehead atoms. The normalized spacial score (nSPS) is 12.8. The Labute approximate surface area is 143 Å². The number of aromatic nitrogens is 3. The van der Waals surface area contributed by atoms with E-state index in [1.54, 1.807) is 0 Å². The highest BCUT2D eigenvalue weighted by molar-refractivity contribution is 5.94. The van der Waals surface area contributed by atoms with Crippen LogP contribution in [-0.4, -0.2) is 21.3 Å². The molecule has 0 atom stereocenters. The smallest absolute Gasteiger partial charge is 0.224 e. The molecule has 1 aliphatic rings. The molecule has 25 heavy (non-hydrogen) atoms. The van der Waals surface area contributed by atoms with Crippen LogP contribution < -0.4 is 10.1 Å². The van der Waals surface area contributed by atoms with Crippen LogP contribution in [0.3, 0.4) is 0 Å². The fourth-order valence-electron chi connectivity index (χ4n) is 2.80. The van der Waals surface area contributed by atoms with Crippen LogP contribution in [0.15, 0.2) is 42.5 Å². The number of H-pyrrole nitrogens is 1. The molecule has 2 N–H and O–H groups in total. The van der Waals surface area contributed by atoms with Gasteiger partial charge in [0.2, 0.25) is 5.91 Å². The van der Waals surface area contributed by atoms with E-state index >= 15 is 0 Å². The summed E-state index contributed by atoms with van der Waals surface area (Å²) < 4.78 is 5.98. The minimum atomic E-state index is 0.0231. The topological polar surface area (TPSA) is 104 Å². The van der Waals surface area contributed by atoms with Crippen LogP contribution in [0.25, 0.3) is 11.3 Å². The van der Waals surface area contributed by atoms with Gasteiger partial charge in [-0.15, -0.1) is 5.10 Å². The SMILES string of the molecule is N#Cc1[nH]nnc1-c1ccc(Oc2cccc3c2CCC(=O)N3)cc1. The number of rotatable bonds is 3. The molecule has 0 saturated carbocycles. The molecule has 4 rings (SSSR count). The molecule has 0 aliphatic carbocycles. The minimum absolute atomic E-state index is 0.0231. The number of aromatic amines is 1. The third-order valence-electron chi connectivity index (χ3n) is 4.03. The molecular weight excluding hydrogens is 318 g/mol. The van der Waals surface area contributed by atoms with Gasteiger partial charge in [0, 0.05) is 23.2 Å². The highest BCUT2D eigenvalue weighted by Gasteiger charge is 2.18. The van der Waals surface area contributed by atoms with Gasteiger partial charge in [0.25, 0.3) is 0 Å². The van der Waals surface area contributed by atoms with Crippen molar-refractivity contribution in [2.75, 3.05) is 5.32 Å². The summed E-state index contributed by atoms with van der Waals surface area (Å²) in [4.78, 5) is 11.5. The molecule has 0 saturated heterocycles. The summed E-state index contributed by atoms with van der Waals surface area (Å²) in [5.41, 5.74) is 3.40. The molecule has 1 aromatic heterocycles. The number of amides is 1. The van der Waals surface area contributed by atoms with Gasteiger partial charge in [0.05, 0.1) is 0 Å². The summed E-state index contributed by atoms with van der Waals surface area (Å²) in [5, 5.41) is 22.0. The molecule has 1 amide bonds. The van der Waals surface area contributed by atoms with Crippen LogP contribution in [0.1, 0.15) is 17.7 Å². The first-order chi connectivity index (χ1) is 12.2. The highest BCUT2D eigenvalue weighted by atomic mass is 16.5. The van der Waals surface area contributed by atoms with Gasteiger partial charge < -0.3 is 10.1 Å². The van der Waals surface area contributed by atoms with Gasteiger partial charge >= 0.3 is 0 Å². The van der Waals surface area contributed by atoms with Gasteiger partial charge in [-0.2, -0.15) is 5.26 Å². The zero-order chi connectivity index (χ0) is 17.2. The van der Waals surface area contributed by atoms with Crippen LogP contribution in [-0.2, 0) is 11.2 Å². The number of carbonyl (C=O) groups excluding carboxylic acids is 1. The van der Waals surface area contributed by atoms with E-state index < -0.39 is 0 Å². The first-order valence-corrected chi connectivity index (χ1v) is 7.76. The number of ether oxygens (including phenoxy) is 1. The minimum Gasteiger partial charge on any atom is -0.457 e. The predicted molar refractivity (Wildman–Crippen MR) is 90.0 cm³/mol. The lowest BCUT2D eigenvalue weighted by Crippen LogP contribution is -2.19. The molecule has 2 heterocycles. The number of nitrogens with one attached hydrogen (secondary N) is 2. The van der Waals surface area contributed by atoms with Crippen molar-refractivity contribution in [2.24, 2.45) is 0 Å². The number of benzene rings is 2. The van der Waals surface area contributed by atoms with Crippen LogP contribution in [0.2, 0.25) is 0 Å². The lowest BCUT2D eigenvalue weighted by Gasteiger charge is -2.19. The van der Waals surface area contributed by atoms with E-state index in [4.69, 9.17) is 10.00 Å². The fraction of sp³-hybridized carbons (Fsp3) is 0.111. The second-order valence-corrected chi connectivity index (χ2v) is 5.60. The van der Waals surface area contributed by atoms with Crippen molar-refractivity contribution in [2.45, 2.75) is 12.8 Å². The van der Waals surface area contributed by atoms with Gasteiger partial charge in [0.15, 0.2) is 5.69 Å². The molecule has 7 heteroatoms. The monoisotopic (exact) mass is 331 g/mol. The summed E-state index contributed by atoms with van der Waals surface area (Å²) >= 11 is 0. The standard InChI is InChI=1S/C18H13N5O2/c19-10-15-18(22-23-21-15)11-4-6-12(7-5-11)25-16-3-1-2-14-13(16)8-9-17(24)20-14/h1-7H,8-9H2,(H,20,24)(H,21,22,23). The Balaban J connectivity index is 1.60. The van der Waals surface area contributed by atoms with Crippen molar-refractivity contribution in [3.63, 3.8) is 0 Å². The molecule has 0 spiro atoms. The molecular formula is C18H13N5O2. The van der Waals surface area contributed by atoms with Gasteiger partial charge in [-0.25, -0.2) is 5.10 Å². The maximum Gasteiger partial charge on any atom is 0.224 e. The number of fused-ring (bicyclic) bond motifs is 1. The lowest BCUT2D eigenvalue weighted by molar-refractivity contribution is -0.116. The summed E-state index contributed by atoms with van der Waals surface area (Å²) in [6.45, 7) is 0. The maximum atomic E-state index is 11.5. The summed E-state index contributed by atoms with van der Waals surface area (Å²) in [6.07, 6.45) is 1.11. The predicted octanol–water partition coefficient (Wildman–Crippen LogP) is 3.02. The largest absolute Gasteiger partial charge is 0.457 e. The van der Waals surface area contributed by atoms with E-state index in [0.717, 1.165) is 22.6 Å². The van der Waals surface area contributed by atoms with E-state index in [1.165, 1.54) is 0 Å². The second-order valence-electron chi connectivity index (χ2n) is 5.60. The zero-order valence-corrected chi connectivity index (χ0v) is 13.1. The van der Waals surface area contributed by atoms with Gasteiger partial charge in [0.1, 0.15) is 23.3 Å². The Kier molecular flexibility index (Phi) is 3.63. The summed E-state index contributed by atoms with van der Waals surface area (Å²) in [7, 11) is 0. The third kappa shape index (κ3) is 2.81. The molecule has 0 radical (unpaired) electrons. The molecule has 122 valence electrons. The van der Waals surface area contributed by atoms with Crippen LogP contribution in [0.5, 0.6) is 11.5 Å². The average molecular weight is 331 g/mol. The lowest BCUT2D eigenvalue weighted by atomic mass is 10.0. The maximum absolute atomic E-state index is 11.5. The second kappa shape index (κ2) is 6.09. The van der Waals surface area contributed by atoms with E-state index in [-0.39, 0.29) is 5.91 Å². The van der Waals surface area contributed by atoms with Crippen LogP contribution in [0, 0.1) is 11.3 Å². The van der Waals surface area contributed by atoms with Crippen molar-refractivity contribution in [3.8, 4) is 28.8 Å². The Morgan fingerprint density at radius 3 is 2.76 bits per heavy atom. The van der Waals surface area contributed by atoms with E-state index in [2.05, 4.69) is 20.7 Å². The van der Waals surface area contributed by atoms with E-state index in [1.807, 2.05) is 48.5 Å². The number of nitriles is 1. The third-order valence-corrected chi connectivity index (χ3v) is 4.03. The number of hydrogen-bond donors (Lipinski definition) is 2. The van der Waals surface area contributed by atoms with E-state index in [0.29, 0.717) is 30.0 Å². The van der Waals surface area contributed by atoms with Gasteiger partial charge in [-0.1, -0.05) is 11.3 Å². The van der Waals surface area contributed by atoms with Crippen LogP contribution >= 0.6 is 0 Å². The number of hydrogen-bond acceptors (Lipinski definition) is 5. The molecule has 2 aromatic carbocycles. The molecule has 1 aliphatic heterocycles. The fourth-order valence-corrected chi connectivity index (χ4v) is 2.80. The van der Waals surface area contributed by atoms with Gasteiger partial charge in [-0.05, 0) is 42.8 Å². The van der Waals surface area contributed by atoms with Crippen molar-refractivity contribution in [1.29, 1.82) is 5.26 Å². The van der Waals surface area contributed by atoms with Crippen molar-refractivity contribution < 1.29 is 9.53 Å². The van der Waals surface area contributed by atoms with Crippen LogP contribution in [0.4, 0.5) is 5.69 Å². The molecule has 0 unspecified atom stereocenters.